The number of H-pyrrole nitrogens is 1. The highest BCUT2D eigenvalue weighted by Gasteiger charge is 2.05. The molecule has 0 aliphatic carbocycles. The van der Waals surface area contributed by atoms with Gasteiger partial charge >= 0.3 is 6.01 Å². The molecule has 3 rings (SSSR count). The second-order valence-electron chi connectivity index (χ2n) is 4.21. The molecule has 2 aromatic heterocycles. The van der Waals surface area contributed by atoms with Gasteiger partial charge in [0.1, 0.15) is 0 Å². The number of nitrogens with zero attached hydrogens (tertiary/aromatic N) is 2. The number of aromatic nitrogens is 3. The van der Waals surface area contributed by atoms with E-state index < -0.39 is 0 Å². The zero-order chi connectivity index (χ0) is 13.2. The van der Waals surface area contributed by atoms with E-state index in [0.717, 1.165) is 10.9 Å². The van der Waals surface area contributed by atoms with Crippen LogP contribution in [0.1, 0.15) is 11.4 Å². The molecule has 0 unspecified atom stereocenters. The summed E-state index contributed by atoms with van der Waals surface area (Å²) in [5, 5.41) is 7.58. The van der Waals surface area contributed by atoms with Gasteiger partial charge in [-0.3, -0.25) is 4.79 Å². The van der Waals surface area contributed by atoms with Gasteiger partial charge in [-0.2, -0.15) is 4.98 Å². The molecule has 0 saturated heterocycles. The van der Waals surface area contributed by atoms with Gasteiger partial charge in [0.25, 0.3) is 5.56 Å². The summed E-state index contributed by atoms with van der Waals surface area (Å²) in [6, 6.07) is 9.80. The summed E-state index contributed by atoms with van der Waals surface area (Å²) >= 11 is 0. The third-order valence-electron chi connectivity index (χ3n) is 2.79. The quantitative estimate of drug-likeness (QED) is 0.747. The van der Waals surface area contributed by atoms with Gasteiger partial charge in [-0.05, 0) is 24.4 Å². The molecule has 0 saturated carbocycles. The summed E-state index contributed by atoms with van der Waals surface area (Å²) in [7, 11) is 0. The van der Waals surface area contributed by atoms with Crippen molar-refractivity contribution in [3.05, 3.63) is 52.1 Å². The monoisotopic (exact) mass is 256 g/mol. The summed E-state index contributed by atoms with van der Waals surface area (Å²) in [5.74, 6) is 0.551. The highest BCUT2D eigenvalue weighted by atomic mass is 16.5. The van der Waals surface area contributed by atoms with Crippen molar-refractivity contribution in [2.45, 2.75) is 13.5 Å². The number of para-hydroxylation sites is 1. The van der Waals surface area contributed by atoms with Crippen LogP contribution >= 0.6 is 0 Å². The third kappa shape index (κ3) is 2.33. The second kappa shape index (κ2) is 4.56. The van der Waals surface area contributed by atoms with Crippen molar-refractivity contribution in [3.8, 4) is 0 Å². The Balaban J connectivity index is 1.88. The first kappa shape index (κ1) is 11.5. The van der Waals surface area contributed by atoms with Crippen molar-refractivity contribution < 1.29 is 4.52 Å². The smallest absolute Gasteiger partial charge is 0.321 e. The number of nitrogens with one attached hydrogen (secondary N) is 2. The van der Waals surface area contributed by atoms with Gasteiger partial charge in [0.05, 0.1) is 0 Å². The highest BCUT2D eigenvalue weighted by Crippen LogP contribution is 2.11. The molecule has 0 aliphatic rings. The van der Waals surface area contributed by atoms with Crippen LogP contribution in [0.4, 0.5) is 6.01 Å². The molecular formula is C13H12N4O2. The minimum Gasteiger partial charge on any atom is -0.333 e. The topological polar surface area (TPSA) is 83.8 Å². The maximum Gasteiger partial charge on any atom is 0.321 e. The van der Waals surface area contributed by atoms with Gasteiger partial charge in [-0.1, -0.05) is 23.4 Å². The Bertz CT molecular complexity index is 775. The maximum atomic E-state index is 11.9. The first-order valence-electron chi connectivity index (χ1n) is 5.87. The first-order valence-corrected chi connectivity index (χ1v) is 5.87. The molecular weight excluding hydrogens is 244 g/mol. The van der Waals surface area contributed by atoms with Crippen LogP contribution in [0.25, 0.3) is 10.9 Å². The molecule has 0 spiro atoms. The molecule has 3 aromatic rings. The molecule has 6 nitrogen and oxygen atoms in total. The average molecular weight is 256 g/mol. The van der Waals surface area contributed by atoms with Gasteiger partial charge in [0, 0.05) is 17.6 Å². The van der Waals surface area contributed by atoms with E-state index in [4.69, 9.17) is 4.52 Å². The van der Waals surface area contributed by atoms with Crippen molar-refractivity contribution in [2.75, 3.05) is 5.32 Å². The fraction of sp³-hybridized carbons (Fsp3) is 0.154. The highest BCUT2D eigenvalue weighted by molar-refractivity contribution is 5.78. The molecule has 0 aliphatic heterocycles. The summed E-state index contributed by atoms with van der Waals surface area (Å²) in [4.78, 5) is 18.8. The van der Waals surface area contributed by atoms with Gasteiger partial charge in [-0.25, -0.2) is 0 Å². The normalized spacial score (nSPS) is 10.8. The van der Waals surface area contributed by atoms with E-state index in [0.29, 0.717) is 23.9 Å². The Labute approximate surface area is 108 Å². The first-order chi connectivity index (χ1) is 9.22. The lowest BCUT2D eigenvalue weighted by molar-refractivity contribution is 0.425. The van der Waals surface area contributed by atoms with Crippen LogP contribution in [-0.2, 0) is 6.54 Å². The number of aromatic amines is 1. The van der Waals surface area contributed by atoms with Crippen molar-refractivity contribution in [1.29, 1.82) is 0 Å². The van der Waals surface area contributed by atoms with Crippen molar-refractivity contribution in [3.63, 3.8) is 0 Å². The molecule has 19 heavy (non-hydrogen) atoms. The van der Waals surface area contributed by atoms with Crippen LogP contribution < -0.4 is 10.9 Å². The van der Waals surface area contributed by atoms with E-state index in [1.807, 2.05) is 30.3 Å². The minimum atomic E-state index is -0.123. The standard InChI is InChI=1S/C13H12N4O2/c1-8-15-13(19-17-8)14-7-10-6-9-4-2-3-5-11(9)16-12(10)18/h2-6H,7H2,1H3,(H,16,18)(H,14,15,17). The molecule has 1 aromatic carbocycles. The Kier molecular flexibility index (Phi) is 2.75. The number of benzene rings is 1. The number of fused-ring (bicyclic) bond motifs is 1. The van der Waals surface area contributed by atoms with Crippen LogP contribution in [0, 0.1) is 6.92 Å². The molecule has 0 amide bonds. The lowest BCUT2D eigenvalue weighted by Crippen LogP contribution is -2.15. The molecule has 2 N–H and O–H groups in total. The van der Waals surface area contributed by atoms with E-state index in [9.17, 15) is 4.79 Å². The van der Waals surface area contributed by atoms with E-state index in [2.05, 4.69) is 20.4 Å². The van der Waals surface area contributed by atoms with E-state index in [-0.39, 0.29) is 5.56 Å². The fourth-order valence-corrected chi connectivity index (χ4v) is 1.86. The zero-order valence-corrected chi connectivity index (χ0v) is 10.3. The zero-order valence-electron chi connectivity index (χ0n) is 10.3. The number of hydrogen-bond donors (Lipinski definition) is 2. The fourth-order valence-electron chi connectivity index (χ4n) is 1.86. The number of rotatable bonds is 3. The van der Waals surface area contributed by atoms with Crippen molar-refractivity contribution >= 4 is 16.9 Å². The molecule has 0 fully saturated rings. The Hall–Kier alpha value is -2.63. The van der Waals surface area contributed by atoms with Crippen LogP contribution in [-0.4, -0.2) is 15.1 Å². The van der Waals surface area contributed by atoms with Crippen molar-refractivity contribution in [1.82, 2.24) is 15.1 Å². The number of pyridine rings is 1. The summed E-state index contributed by atoms with van der Waals surface area (Å²) in [6.07, 6.45) is 0. The third-order valence-corrected chi connectivity index (χ3v) is 2.79. The maximum absolute atomic E-state index is 11.9. The lowest BCUT2D eigenvalue weighted by atomic mass is 10.1. The van der Waals surface area contributed by atoms with Crippen LogP contribution in [0.2, 0.25) is 0 Å². The molecule has 0 radical (unpaired) electrons. The molecule has 2 heterocycles. The summed E-state index contributed by atoms with van der Waals surface area (Å²) < 4.78 is 4.93. The molecule has 0 bridgehead atoms. The Morgan fingerprint density at radius 3 is 3.00 bits per heavy atom. The van der Waals surface area contributed by atoms with Crippen molar-refractivity contribution in [2.24, 2.45) is 0 Å². The number of hydrogen-bond acceptors (Lipinski definition) is 5. The largest absolute Gasteiger partial charge is 0.333 e. The minimum absolute atomic E-state index is 0.123. The molecule has 6 heteroatoms. The van der Waals surface area contributed by atoms with Crippen LogP contribution in [0.3, 0.4) is 0 Å². The van der Waals surface area contributed by atoms with Gasteiger partial charge < -0.3 is 14.8 Å². The number of aryl methyl sites for hydroxylation is 1. The summed E-state index contributed by atoms with van der Waals surface area (Å²) in [6.45, 7) is 2.07. The predicted octanol–water partition coefficient (Wildman–Crippen LogP) is 1.83. The van der Waals surface area contributed by atoms with E-state index in [1.165, 1.54) is 0 Å². The Morgan fingerprint density at radius 2 is 2.21 bits per heavy atom. The second-order valence-corrected chi connectivity index (χ2v) is 4.21. The van der Waals surface area contributed by atoms with Crippen LogP contribution in [0.15, 0.2) is 39.6 Å². The average Bonchev–Trinajstić information content (AvgIpc) is 2.82. The molecule has 96 valence electrons. The lowest BCUT2D eigenvalue weighted by Gasteiger charge is -2.03. The number of anilines is 1. The van der Waals surface area contributed by atoms with E-state index in [1.54, 1.807) is 6.92 Å². The molecule has 0 atom stereocenters. The van der Waals surface area contributed by atoms with Gasteiger partial charge in [-0.15, -0.1) is 0 Å². The van der Waals surface area contributed by atoms with Gasteiger partial charge in [0.2, 0.25) is 0 Å². The van der Waals surface area contributed by atoms with E-state index >= 15 is 0 Å². The predicted molar refractivity (Wildman–Crippen MR) is 70.9 cm³/mol. The Morgan fingerprint density at radius 1 is 1.37 bits per heavy atom. The van der Waals surface area contributed by atoms with Crippen LogP contribution in [0.5, 0.6) is 0 Å². The SMILES string of the molecule is Cc1noc(NCc2cc3ccccc3[nH]c2=O)n1. The van der Waals surface area contributed by atoms with Gasteiger partial charge in [0.15, 0.2) is 5.82 Å². The summed E-state index contributed by atoms with van der Waals surface area (Å²) in [5.41, 5.74) is 1.32.